The fraction of sp³-hybridized carbons (Fsp3) is 0.417. The zero-order valence-corrected chi connectivity index (χ0v) is 12.5. The Morgan fingerprint density at radius 2 is 2.00 bits per heavy atom. The van der Waals surface area contributed by atoms with Gasteiger partial charge in [-0.25, -0.2) is 8.42 Å². The average molecular weight is 358 g/mol. The first-order valence-corrected chi connectivity index (χ1v) is 7.95. The standard InChI is InChI=1S/C12H11ClF3NO4S/c13-10-2-1-8(5-9(10)12(14,15)16)22(20,21)17-4-3-7(6-17)11(18)19/h1-2,5,7H,3-4,6H2,(H,18,19). The van der Waals surface area contributed by atoms with Crippen molar-refractivity contribution in [3.63, 3.8) is 0 Å². The van der Waals surface area contributed by atoms with E-state index in [1.165, 1.54) is 0 Å². The predicted molar refractivity (Wildman–Crippen MR) is 71.0 cm³/mol. The van der Waals surface area contributed by atoms with Crippen molar-refractivity contribution in [3.8, 4) is 0 Å². The maximum Gasteiger partial charge on any atom is 0.417 e. The molecule has 0 aliphatic carbocycles. The third kappa shape index (κ3) is 3.21. The Labute approximate surface area is 129 Å². The zero-order valence-electron chi connectivity index (χ0n) is 11.0. The minimum absolute atomic E-state index is 0.0523. The molecule has 5 nitrogen and oxygen atoms in total. The Morgan fingerprint density at radius 3 is 2.50 bits per heavy atom. The minimum atomic E-state index is -4.78. The van der Waals surface area contributed by atoms with Crippen LogP contribution < -0.4 is 0 Å². The van der Waals surface area contributed by atoms with Gasteiger partial charge in [0, 0.05) is 13.1 Å². The van der Waals surface area contributed by atoms with E-state index in [1.807, 2.05) is 0 Å². The molecule has 1 aromatic carbocycles. The molecule has 1 aromatic rings. The van der Waals surface area contributed by atoms with Crippen LogP contribution in [0.3, 0.4) is 0 Å². The van der Waals surface area contributed by atoms with E-state index >= 15 is 0 Å². The normalized spacial score (nSPS) is 20.3. The number of rotatable bonds is 3. The van der Waals surface area contributed by atoms with Crippen molar-refractivity contribution in [1.82, 2.24) is 4.31 Å². The van der Waals surface area contributed by atoms with Crippen LogP contribution in [0.15, 0.2) is 23.1 Å². The molecule has 10 heteroatoms. The molecule has 0 bridgehead atoms. The lowest BCUT2D eigenvalue weighted by molar-refractivity contribution is -0.141. The highest BCUT2D eigenvalue weighted by atomic mass is 35.5. The van der Waals surface area contributed by atoms with Gasteiger partial charge in [-0.3, -0.25) is 4.79 Å². The first kappa shape index (κ1) is 17.0. The fourth-order valence-corrected chi connectivity index (χ4v) is 3.93. The molecule has 2 rings (SSSR count). The highest BCUT2D eigenvalue weighted by molar-refractivity contribution is 7.89. The van der Waals surface area contributed by atoms with Crippen LogP contribution in [0, 0.1) is 5.92 Å². The molecule has 0 radical (unpaired) electrons. The number of carboxylic acid groups (broad SMARTS) is 1. The van der Waals surface area contributed by atoms with Gasteiger partial charge in [-0.15, -0.1) is 0 Å². The van der Waals surface area contributed by atoms with E-state index in [0.717, 1.165) is 16.4 Å². The van der Waals surface area contributed by atoms with Gasteiger partial charge in [0.1, 0.15) is 0 Å². The van der Waals surface area contributed by atoms with Crippen molar-refractivity contribution in [2.75, 3.05) is 13.1 Å². The molecule has 1 fully saturated rings. The highest BCUT2D eigenvalue weighted by Gasteiger charge is 2.38. The summed E-state index contributed by atoms with van der Waals surface area (Å²) in [7, 11) is -4.19. The smallest absolute Gasteiger partial charge is 0.417 e. The number of sulfonamides is 1. The molecule has 0 aromatic heterocycles. The second-order valence-electron chi connectivity index (χ2n) is 4.83. The highest BCUT2D eigenvalue weighted by Crippen LogP contribution is 2.36. The molecule has 1 saturated heterocycles. The summed E-state index contributed by atoms with van der Waals surface area (Å²) in [6.45, 7) is -0.315. The molecule has 1 aliphatic heterocycles. The summed E-state index contributed by atoms with van der Waals surface area (Å²) in [4.78, 5) is 10.3. The van der Waals surface area contributed by atoms with Gasteiger partial charge in [0.05, 0.1) is 21.4 Å². The van der Waals surface area contributed by atoms with E-state index in [4.69, 9.17) is 16.7 Å². The molecule has 1 heterocycles. The minimum Gasteiger partial charge on any atom is -0.481 e. The molecule has 22 heavy (non-hydrogen) atoms. The molecule has 0 saturated carbocycles. The second-order valence-corrected chi connectivity index (χ2v) is 7.17. The quantitative estimate of drug-likeness (QED) is 0.901. The van der Waals surface area contributed by atoms with Gasteiger partial charge < -0.3 is 5.11 Å². The van der Waals surface area contributed by atoms with E-state index in [2.05, 4.69) is 0 Å². The molecule has 1 atom stereocenters. The largest absolute Gasteiger partial charge is 0.481 e. The van der Waals surface area contributed by atoms with Crippen LogP contribution in [0.25, 0.3) is 0 Å². The van der Waals surface area contributed by atoms with Gasteiger partial charge in [0.25, 0.3) is 0 Å². The SMILES string of the molecule is O=C(O)C1CCN(S(=O)(=O)c2ccc(Cl)c(C(F)(F)F)c2)C1. The summed E-state index contributed by atoms with van der Waals surface area (Å²) in [5.41, 5.74) is -1.25. The summed E-state index contributed by atoms with van der Waals surface area (Å²) < 4.78 is 63.9. The number of nitrogens with zero attached hydrogens (tertiary/aromatic N) is 1. The van der Waals surface area contributed by atoms with Crippen LogP contribution in [0.2, 0.25) is 5.02 Å². The summed E-state index contributed by atoms with van der Waals surface area (Å²) in [6, 6.07) is 2.30. The van der Waals surface area contributed by atoms with Crippen molar-refractivity contribution in [1.29, 1.82) is 0 Å². The van der Waals surface area contributed by atoms with E-state index < -0.39 is 43.6 Å². The lowest BCUT2D eigenvalue weighted by Crippen LogP contribution is -2.30. The maximum atomic E-state index is 12.8. The van der Waals surface area contributed by atoms with Crippen molar-refractivity contribution < 1.29 is 31.5 Å². The first-order chi connectivity index (χ1) is 10.0. The average Bonchev–Trinajstić information content (AvgIpc) is 2.87. The molecular weight excluding hydrogens is 347 g/mol. The van der Waals surface area contributed by atoms with E-state index in [0.29, 0.717) is 6.07 Å². The summed E-state index contributed by atoms with van der Waals surface area (Å²) in [6.07, 6.45) is -4.66. The van der Waals surface area contributed by atoms with Gasteiger partial charge in [0.15, 0.2) is 0 Å². The molecule has 1 unspecified atom stereocenters. The molecule has 0 spiro atoms. The van der Waals surface area contributed by atoms with Gasteiger partial charge in [-0.2, -0.15) is 17.5 Å². The fourth-order valence-electron chi connectivity index (χ4n) is 2.18. The number of hydrogen-bond donors (Lipinski definition) is 1. The van der Waals surface area contributed by atoms with Gasteiger partial charge in [-0.05, 0) is 24.6 Å². The van der Waals surface area contributed by atoms with E-state index in [-0.39, 0.29) is 19.5 Å². The third-order valence-corrected chi connectivity index (χ3v) is 5.57. The molecule has 1 N–H and O–H groups in total. The summed E-state index contributed by atoms with van der Waals surface area (Å²) >= 11 is 5.45. The Hall–Kier alpha value is -1.32. The maximum absolute atomic E-state index is 12.8. The monoisotopic (exact) mass is 357 g/mol. The van der Waals surface area contributed by atoms with Crippen LogP contribution in [0.4, 0.5) is 13.2 Å². The van der Waals surface area contributed by atoms with E-state index in [9.17, 15) is 26.4 Å². The number of hydrogen-bond acceptors (Lipinski definition) is 3. The Morgan fingerprint density at radius 1 is 1.36 bits per heavy atom. The zero-order chi connectivity index (χ0) is 16.7. The first-order valence-electron chi connectivity index (χ1n) is 6.13. The third-order valence-electron chi connectivity index (χ3n) is 3.38. The predicted octanol–water partition coefficient (Wildman–Crippen LogP) is 2.45. The van der Waals surface area contributed by atoms with Gasteiger partial charge in [-0.1, -0.05) is 11.6 Å². The van der Waals surface area contributed by atoms with Crippen LogP contribution >= 0.6 is 11.6 Å². The molecule has 0 amide bonds. The van der Waals surface area contributed by atoms with Crippen molar-refractivity contribution in [2.24, 2.45) is 5.92 Å². The Bertz CT molecular complexity index is 705. The van der Waals surface area contributed by atoms with Crippen molar-refractivity contribution in [3.05, 3.63) is 28.8 Å². The topological polar surface area (TPSA) is 74.7 Å². The van der Waals surface area contributed by atoms with Crippen LogP contribution in [-0.4, -0.2) is 36.9 Å². The number of benzene rings is 1. The van der Waals surface area contributed by atoms with Gasteiger partial charge >= 0.3 is 12.1 Å². The second kappa shape index (κ2) is 5.71. The van der Waals surface area contributed by atoms with E-state index in [1.54, 1.807) is 0 Å². The summed E-state index contributed by atoms with van der Waals surface area (Å²) in [5, 5.41) is 8.27. The lowest BCUT2D eigenvalue weighted by atomic mass is 10.1. The molecule has 1 aliphatic rings. The Balaban J connectivity index is 2.37. The number of aliphatic carboxylic acids is 1. The number of carbonyl (C=O) groups is 1. The van der Waals surface area contributed by atoms with Gasteiger partial charge in [0.2, 0.25) is 10.0 Å². The number of carboxylic acids is 1. The number of alkyl halides is 3. The van der Waals surface area contributed by atoms with Crippen molar-refractivity contribution in [2.45, 2.75) is 17.5 Å². The number of halogens is 4. The lowest BCUT2D eigenvalue weighted by Gasteiger charge is -2.17. The van der Waals surface area contributed by atoms with Crippen molar-refractivity contribution >= 4 is 27.6 Å². The molecular formula is C12H11ClF3NO4S. The Kier molecular flexibility index (Phi) is 4.42. The van der Waals surface area contributed by atoms with Crippen LogP contribution in [0.5, 0.6) is 0 Å². The van der Waals surface area contributed by atoms with Crippen LogP contribution in [0.1, 0.15) is 12.0 Å². The summed E-state index contributed by atoms with van der Waals surface area (Å²) in [5.74, 6) is -1.99. The molecule has 122 valence electrons. The van der Waals surface area contributed by atoms with Crippen LogP contribution in [-0.2, 0) is 21.0 Å².